The molecule has 2 aliphatic heterocycles. The number of ether oxygens (including phenoxy) is 2. The van der Waals surface area contributed by atoms with Crippen LogP contribution in [0.5, 0.6) is 11.6 Å². The SMILES string of the molecule is COc1cccc(CN2CCC3CCN(c4cc(OC)ncn4)CC32)c1. The number of hydrogen-bond donors (Lipinski definition) is 0. The van der Waals surface area contributed by atoms with Gasteiger partial charge in [-0.15, -0.1) is 0 Å². The largest absolute Gasteiger partial charge is 0.497 e. The zero-order valence-electron chi connectivity index (χ0n) is 15.5. The number of benzene rings is 1. The second-order valence-corrected chi connectivity index (χ2v) is 7.09. The summed E-state index contributed by atoms with van der Waals surface area (Å²) < 4.78 is 10.6. The molecule has 138 valence electrons. The molecule has 2 saturated heterocycles. The number of methoxy groups -OCH3 is 2. The van der Waals surface area contributed by atoms with E-state index < -0.39 is 0 Å². The fourth-order valence-electron chi connectivity index (χ4n) is 4.25. The van der Waals surface area contributed by atoms with Crippen molar-refractivity contribution >= 4 is 5.82 Å². The molecule has 0 radical (unpaired) electrons. The summed E-state index contributed by atoms with van der Waals surface area (Å²) in [7, 11) is 3.37. The fraction of sp³-hybridized carbons (Fsp3) is 0.500. The highest BCUT2D eigenvalue weighted by molar-refractivity contribution is 5.42. The predicted octanol–water partition coefficient (Wildman–Crippen LogP) is 2.59. The molecule has 1 aromatic carbocycles. The first-order valence-corrected chi connectivity index (χ1v) is 9.25. The molecule has 1 aromatic heterocycles. The normalized spacial score (nSPS) is 22.9. The van der Waals surface area contributed by atoms with Gasteiger partial charge in [-0.2, -0.15) is 0 Å². The number of anilines is 1. The molecule has 0 spiro atoms. The highest BCUT2D eigenvalue weighted by atomic mass is 16.5. The van der Waals surface area contributed by atoms with E-state index in [1.165, 1.54) is 18.4 Å². The van der Waals surface area contributed by atoms with Crippen molar-refractivity contribution in [2.45, 2.75) is 25.4 Å². The molecule has 0 bridgehead atoms. The molecule has 26 heavy (non-hydrogen) atoms. The monoisotopic (exact) mass is 354 g/mol. The first kappa shape index (κ1) is 17.1. The van der Waals surface area contributed by atoms with Crippen LogP contribution in [0.3, 0.4) is 0 Å². The van der Waals surface area contributed by atoms with Crippen molar-refractivity contribution in [3.8, 4) is 11.6 Å². The van der Waals surface area contributed by atoms with Crippen molar-refractivity contribution in [3.05, 3.63) is 42.2 Å². The maximum atomic E-state index is 5.37. The van der Waals surface area contributed by atoms with Crippen LogP contribution in [0.4, 0.5) is 5.82 Å². The number of likely N-dealkylation sites (tertiary alicyclic amines) is 1. The molecule has 0 N–H and O–H groups in total. The Morgan fingerprint density at radius 3 is 2.81 bits per heavy atom. The number of fused-ring (bicyclic) bond motifs is 1. The van der Waals surface area contributed by atoms with Crippen molar-refractivity contribution < 1.29 is 9.47 Å². The highest BCUT2D eigenvalue weighted by Crippen LogP contribution is 2.34. The Balaban J connectivity index is 1.47. The van der Waals surface area contributed by atoms with Gasteiger partial charge < -0.3 is 14.4 Å². The molecule has 0 saturated carbocycles. The summed E-state index contributed by atoms with van der Waals surface area (Å²) in [5.74, 6) is 3.29. The summed E-state index contributed by atoms with van der Waals surface area (Å²) in [6.45, 7) is 4.19. The van der Waals surface area contributed by atoms with Gasteiger partial charge in [0, 0.05) is 31.7 Å². The zero-order chi connectivity index (χ0) is 17.9. The minimum atomic E-state index is 0.566. The van der Waals surface area contributed by atoms with Gasteiger partial charge in [-0.3, -0.25) is 4.90 Å². The van der Waals surface area contributed by atoms with Crippen LogP contribution in [0.1, 0.15) is 18.4 Å². The molecule has 0 amide bonds. The van der Waals surface area contributed by atoms with E-state index in [1.54, 1.807) is 20.5 Å². The van der Waals surface area contributed by atoms with Gasteiger partial charge in [0.2, 0.25) is 5.88 Å². The van der Waals surface area contributed by atoms with Crippen LogP contribution in [-0.2, 0) is 6.54 Å². The van der Waals surface area contributed by atoms with Gasteiger partial charge in [0.15, 0.2) is 0 Å². The first-order valence-electron chi connectivity index (χ1n) is 9.25. The third-order valence-electron chi connectivity index (χ3n) is 5.66. The molecule has 2 atom stereocenters. The van der Waals surface area contributed by atoms with Crippen LogP contribution < -0.4 is 14.4 Å². The topological polar surface area (TPSA) is 50.7 Å². The molecule has 2 aromatic rings. The third kappa shape index (κ3) is 3.46. The lowest BCUT2D eigenvalue weighted by molar-refractivity contribution is 0.200. The number of rotatable bonds is 5. The third-order valence-corrected chi connectivity index (χ3v) is 5.66. The second kappa shape index (κ2) is 7.50. The van der Waals surface area contributed by atoms with E-state index in [9.17, 15) is 0 Å². The summed E-state index contributed by atoms with van der Waals surface area (Å²) in [6.07, 6.45) is 4.09. The molecule has 2 aliphatic rings. The smallest absolute Gasteiger partial charge is 0.218 e. The van der Waals surface area contributed by atoms with Crippen molar-refractivity contribution in [1.82, 2.24) is 14.9 Å². The fourth-order valence-corrected chi connectivity index (χ4v) is 4.25. The average Bonchev–Trinajstić information content (AvgIpc) is 3.10. The van der Waals surface area contributed by atoms with Gasteiger partial charge in [0.05, 0.1) is 14.2 Å². The van der Waals surface area contributed by atoms with Gasteiger partial charge in [0.25, 0.3) is 0 Å². The molecule has 6 nitrogen and oxygen atoms in total. The number of nitrogens with zero attached hydrogens (tertiary/aromatic N) is 4. The molecule has 2 unspecified atom stereocenters. The summed E-state index contributed by atoms with van der Waals surface area (Å²) in [4.78, 5) is 13.6. The summed E-state index contributed by atoms with van der Waals surface area (Å²) in [5, 5.41) is 0. The van der Waals surface area contributed by atoms with E-state index in [1.807, 2.05) is 12.1 Å². The minimum absolute atomic E-state index is 0.566. The Morgan fingerprint density at radius 2 is 1.96 bits per heavy atom. The quantitative estimate of drug-likeness (QED) is 0.823. The maximum Gasteiger partial charge on any atom is 0.218 e. The Kier molecular flexibility index (Phi) is 4.93. The van der Waals surface area contributed by atoms with Crippen LogP contribution in [0.2, 0.25) is 0 Å². The Labute approximate surface area is 154 Å². The lowest BCUT2D eigenvalue weighted by atomic mass is 9.92. The Hall–Kier alpha value is -2.34. The first-order chi connectivity index (χ1) is 12.8. The predicted molar refractivity (Wildman–Crippen MR) is 101 cm³/mol. The Bertz CT molecular complexity index is 754. The van der Waals surface area contributed by atoms with Crippen LogP contribution in [0.15, 0.2) is 36.7 Å². The van der Waals surface area contributed by atoms with Crippen LogP contribution in [-0.4, -0.2) is 54.8 Å². The zero-order valence-corrected chi connectivity index (χ0v) is 15.5. The van der Waals surface area contributed by atoms with E-state index in [4.69, 9.17) is 9.47 Å². The Morgan fingerprint density at radius 1 is 1.08 bits per heavy atom. The van der Waals surface area contributed by atoms with Crippen molar-refractivity contribution in [3.63, 3.8) is 0 Å². The van der Waals surface area contributed by atoms with Crippen LogP contribution in [0.25, 0.3) is 0 Å². The lowest BCUT2D eigenvalue weighted by Crippen LogP contribution is -2.48. The van der Waals surface area contributed by atoms with Crippen molar-refractivity contribution in [2.24, 2.45) is 5.92 Å². The molecule has 0 aliphatic carbocycles. The maximum absolute atomic E-state index is 5.37. The average molecular weight is 354 g/mol. The molecule has 6 heteroatoms. The molecular weight excluding hydrogens is 328 g/mol. The summed E-state index contributed by atoms with van der Waals surface area (Å²) in [5.41, 5.74) is 1.31. The number of hydrogen-bond acceptors (Lipinski definition) is 6. The van der Waals surface area contributed by atoms with Gasteiger partial charge in [-0.25, -0.2) is 9.97 Å². The standard InChI is InChI=1S/C20H26N4O2/c1-25-17-5-3-4-15(10-17)12-23-8-6-16-7-9-24(13-18(16)23)19-11-20(26-2)22-14-21-19/h3-5,10-11,14,16,18H,6-9,12-13H2,1-2H3. The van der Waals surface area contributed by atoms with Gasteiger partial charge in [-0.05, 0) is 43.0 Å². The van der Waals surface area contributed by atoms with E-state index in [0.717, 1.165) is 43.7 Å². The van der Waals surface area contributed by atoms with Gasteiger partial charge >= 0.3 is 0 Å². The van der Waals surface area contributed by atoms with E-state index in [0.29, 0.717) is 11.9 Å². The second-order valence-electron chi connectivity index (χ2n) is 7.09. The van der Waals surface area contributed by atoms with Gasteiger partial charge in [0.1, 0.15) is 17.9 Å². The lowest BCUT2D eigenvalue weighted by Gasteiger charge is -2.39. The summed E-state index contributed by atoms with van der Waals surface area (Å²) >= 11 is 0. The van der Waals surface area contributed by atoms with E-state index in [-0.39, 0.29) is 0 Å². The minimum Gasteiger partial charge on any atom is -0.497 e. The molecule has 4 rings (SSSR count). The highest BCUT2D eigenvalue weighted by Gasteiger charge is 2.38. The van der Waals surface area contributed by atoms with Crippen LogP contribution >= 0.6 is 0 Å². The van der Waals surface area contributed by atoms with E-state index >= 15 is 0 Å². The van der Waals surface area contributed by atoms with Crippen LogP contribution in [0, 0.1) is 5.92 Å². The number of aromatic nitrogens is 2. The summed E-state index contributed by atoms with van der Waals surface area (Å²) in [6, 6.07) is 10.9. The number of piperidine rings is 1. The van der Waals surface area contributed by atoms with Crippen molar-refractivity contribution in [1.29, 1.82) is 0 Å². The van der Waals surface area contributed by atoms with Crippen molar-refractivity contribution in [2.75, 3.05) is 38.8 Å². The van der Waals surface area contributed by atoms with Gasteiger partial charge in [-0.1, -0.05) is 12.1 Å². The molecule has 3 heterocycles. The molecule has 2 fully saturated rings. The van der Waals surface area contributed by atoms with E-state index in [2.05, 4.69) is 38.0 Å². The molecular formula is C20H26N4O2.